The van der Waals surface area contributed by atoms with E-state index in [1.54, 1.807) is 13.2 Å². The Morgan fingerprint density at radius 1 is 1.10 bits per heavy atom. The number of amides is 1. The molecule has 4 aromatic rings. The number of fused-ring (bicyclic) bond motifs is 3. The van der Waals surface area contributed by atoms with E-state index in [1.807, 2.05) is 30.3 Å². The van der Waals surface area contributed by atoms with Crippen molar-refractivity contribution in [3.8, 4) is 5.75 Å². The first kappa shape index (κ1) is 19.1. The zero-order valence-electron chi connectivity index (χ0n) is 16.9. The second-order valence-electron chi connectivity index (χ2n) is 7.37. The molecule has 0 saturated carbocycles. The lowest BCUT2D eigenvalue weighted by Crippen LogP contribution is -2.11. The molecule has 4 nitrogen and oxygen atoms in total. The minimum Gasteiger partial charge on any atom is -0.497 e. The molecule has 0 unspecified atom stereocenters. The largest absolute Gasteiger partial charge is 0.497 e. The molecule has 29 heavy (non-hydrogen) atoms. The van der Waals surface area contributed by atoms with Crippen LogP contribution in [-0.2, 0) is 13.0 Å². The highest BCUT2D eigenvalue weighted by molar-refractivity contribution is 6.17. The first-order chi connectivity index (χ1) is 14.1. The summed E-state index contributed by atoms with van der Waals surface area (Å²) in [6, 6.07) is 21.5. The van der Waals surface area contributed by atoms with E-state index in [0.717, 1.165) is 52.4 Å². The molecular formula is C25H25N2O2. The smallest absolute Gasteiger partial charge is 0.249 e. The van der Waals surface area contributed by atoms with E-state index in [1.165, 1.54) is 5.56 Å². The van der Waals surface area contributed by atoms with Crippen molar-refractivity contribution < 1.29 is 9.53 Å². The Morgan fingerprint density at radius 3 is 2.59 bits per heavy atom. The normalized spacial score (nSPS) is 11.2. The van der Waals surface area contributed by atoms with Gasteiger partial charge in [-0.2, -0.15) is 0 Å². The number of nitrogens with zero attached hydrogens (tertiary/aromatic N) is 1. The number of methoxy groups -OCH3 is 1. The van der Waals surface area contributed by atoms with Crippen molar-refractivity contribution in [3.63, 3.8) is 0 Å². The lowest BCUT2D eigenvalue weighted by molar-refractivity contribution is 0.100. The van der Waals surface area contributed by atoms with Crippen LogP contribution in [0.2, 0.25) is 0 Å². The quantitative estimate of drug-likeness (QED) is 0.481. The summed E-state index contributed by atoms with van der Waals surface area (Å²) in [4.78, 5) is 12.1. The van der Waals surface area contributed by atoms with Crippen LogP contribution in [-0.4, -0.2) is 17.6 Å². The van der Waals surface area contributed by atoms with Gasteiger partial charge in [0.15, 0.2) is 0 Å². The van der Waals surface area contributed by atoms with Crippen molar-refractivity contribution in [2.24, 2.45) is 5.73 Å². The minimum atomic E-state index is -0.414. The van der Waals surface area contributed by atoms with Crippen LogP contribution in [0.4, 0.5) is 0 Å². The van der Waals surface area contributed by atoms with Crippen molar-refractivity contribution >= 4 is 27.7 Å². The third-order valence-electron chi connectivity index (χ3n) is 5.44. The molecule has 1 heterocycles. The fourth-order valence-electron chi connectivity index (χ4n) is 3.91. The molecule has 3 aromatic carbocycles. The summed E-state index contributed by atoms with van der Waals surface area (Å²) >= 11 is 0. The van der Waals surface area contributed by atoms with E-state index >= 15 is 0 Å². The molecule has 147 valence electrons. The van der Waals surface area contributed by atoms with Gasteiger partial charge in [0.1, 0.15) is 5.75 Å². The number of ether oxygens (including phenoxy) is 1. The van der Waals surface area contributed by atoms with Gasteiger partial charge >= 0.3 is 0 Å². The molecule has 0 aliphatic rings. The predicted molar refractivity (Wildman–Crippen MR) is 118 cm³/mol. The van der Waals surface area contributed by atoms with Gasteiger partial charge in [0.05, 0.1) is 18.1 Å². The van der Waals surface area contributed by atoms with Crippen LogP contribution in [0.15, 0.2) is 54.6 Å². The van der Waals surface area contributed by atoms with Crippen molar-refractivity contribution in [1.29, 1.82) is 0 Å². The van der Waals surface area contributed by atoms with Crippen LogP contribution < -0.4 is 10.5 Å². The van der Waals surface area contributed by atoms with Gasteiger partial charge in [-0.3, -0.25) is 4.79 Å². The lowest BCUT2D eigenvalue weighted by atomic mass is 10.0. The number of hydrogen-bond acceptors (Lipinski definition) is 2. The molecule has 0 bridgehead atoms. The third kappa shape index (κ3) is 3.58. The van der Waals surface area contributed by atoms with Crippen LogP contribution in [0.1, 0.15) is 41.3 Å². The Kier molecular flexibility index (Phi) is 5.26. The Morgan fingerprint density at radius 2 is 1.90 bits per heavy atom. The molecule has 4 rings (SSSR count). The van der Waals surface area contributed by atoms with Gasteiger partial charge in [0.2, 0.25) is 5.91 Å². The number of hydrogen-bond donors (Lipinski definition) is 1. The van der Waals surface area contributed by atoms with Crippen molar-refractivity contribution in [1.82, 2.24) is 4.57 Å². The van der Waals surface area contributed by atoms with Gasteiger partial charge in [0, 0.05) is 22.9 Å². The summed E-state index contributed by atoms with van der Waals surface area (Å²) in [5, 5.41) is 1.83. The van der Waals surface area contributed by atoms with Crippen LogP contribution in [0.3, 0.4) is 0 Å². The Bertz CT molecular complexity index is 1170. The zero-order valence-corrected chi connectivity index (χ0v) is 16.9. The van der Waals surface area contributed by atoms with Crippen molar-refractivity contribution in [3.05, 3.63) is 77.4 Å². The lowest BCUT2D eigenvalue weighted by Gasteiger charge is -2.10. The van der Waals surface area contributed by atoms with E-state index in [0.29, 0.717) is 12.1 Å². The molecule has 1 amide bonds. The number of primary amides is 1. The summed E-state index contributed by atoms with van der Waals surface area (Å²) in [5.74, 6) is 0.421. The summed E-state index contributed by atoms with van der Waals surface area (Å²) in [5.41, 5.74) is 10.7. The van der Waals surface area contributed by atoms with Crippen LogP contribution in [0, 0.1) is 6.07 Å². The monoisotopic (exact) mass is 385 g/mol. The van der Waals surface area contributed by atoms with E-state index in [-0.39, 0.29) is 0 Å². The Hall–Kier alpha value is -3.27. The van der Waals surface area contributed by atoms with Gasteiger partial charge in [-0.15, -0.1) is 0 Å². The molecule has 0 atom stereocenters. The number of rotatable bonds is 7. The van der Waals surface area contributed by atoms with Gasteiger partial charge in [-0.05, 0) is 60.4 Å². The maximum absolute atomic E-state index is 12.1. The Balaban J connectivity index is 1.92. The van der Waals surface area contributed by atoms with Crippen LogP contribution in [0.25, 0.3) is 21.8 Å². The molecule has 2 N–H and O–H groups in total. The van der Waals surface area contributed by atoms with E-state index in [4.69, 9.17) is 10.5 Å². The SMILES string of the molecule is CCCCc1c[c]c2c3c(C(N)=O)cccc3n(Cc3ccc(OC)cc3)c2c1. The number of carbonyl (C=O) groups is 1. The first-order valence-electron chi connectivity index (χ1n) is 10.0. The van der Waals surface area contributed by atoms with Crippen molar-refractivity contribution in [2.45, 2.75) is 32.7 Å². The summed E-state index contributed by atoms with van der Waals surface area (Å²) < 4.78 is 7.53. The number of aromatic nitrogens is 1. The first-order valence-corrected chi connectivity index (χ1v) is 10.0. The fraction of sp³-hybridized carbons (Fsp3) is 0.240. The van der Waals surface area contributed by atoms with Gasteiger partial charge < -0.3 is 15.0 Å². The highest BCUT2D eigenvalue weighted by Crippen LogP contribution is 2.33. The highest BCUT2D eigenvalue weighted by Gasteiger charge is 2.17. The second-order valence-corrected chi connectivity index (χ2v) is 7.37. The maximum atomic E-state index is 12.1. The number of benzene rings is 3. The highest BCUT2D eigenvalue weighted by atomic mass is 16.5. The minimum absolute atomic E-state index is 0.414. The number of carbonyl (C=O) groups excluding carboxylic acids is 1. The summed E-state index contributed by atoms with van der Waals surface area (Å²) in [6.07, 6.45) is 3.32. The van der Waals surface area contributed by atoms with E-state index in [9.17, 15) is 4.79 Å². The van der Waals surface area contributed by atoms with E-state index in [2.05, 4.69) is 35.8 Å². The van der Waals surface area contributed by atoms with Gasteiger partial charge in [-0.1, -0.05) is 37.6 Å². The van der Waals surface area contributed by atoms with Gasteiger partial charge in [-0.25, -0.2) is 0 Å². The van der Waals surface area contributed by atoms with E-state index < -0.39 is 5.91 Å². The van der Waals surface area contributed by atoms with Crippen LogP contribution in [0.5, 0.6) is 5.75 Å². The fourth-order valence-corrected chi connectivity index (χ4v) is 3.91. The summed E-state index contributed by atoms with van der Waals surface area (Å²) in [7, 11) is 1.67. The maximum Gasteiger partial charge on any atom is 0.249 e. The standard InChI is InChI=1S/C25H25N2O2/c1-3-4-6-17-11-14-20-23(15-17)27(16-18-9-12-19(29-2)13-10-18)22-8-5-7-21(24(20)22)25(26)28/h5,7-13,15H,3-4,6,16H2,1-2H3,(H2,26,28). The number of unbranched alkanes of at least 4 members (excludes halogenated alkanes) is 1. The second kappa shape index (κ2) is 8.00. The van der Waals surface area contributed by atoms with Crippen LogP contribution >= 0.6 is 0 Å². The molecule has 0 aliphatic heterocycles. The molecule has 1 aromatic heterocycles. The molecule has 0 spiro atoms. The molecule has 0 fully saturated rings. The predicted octanol–water partition coefficient (Wildman–Crippen LogP) is 5.09. The molecule has 0 aliphatic carbocycles. The Labute approximate surface area is 170 Å². The third-order valence-corrected chi connectivity index (χ3v) is 5.44. The molecule has 0 saturated heterocycles. The average Bonchev–Trinajstić information content (AvgIpc) is 3.05. The number of nitrogens with two attached hydrogens (primary N) is 1. The molecule has 1 radical (unpaired) electrons. The topological polar surface area (TPSA) is 57.2 Å². The molecular weight excluding hydrogens is 360 g/mol. The summed E-state index contributed by atoms with van der Waals surface area (Å²) in [6.45, 7) is 2.89. The average molecular weight is 385 g/mol. The zero-order chi connectivity index (χ0) is 20.4. The molecule has 4 heteroatoms. The van der Waals surface area contributed by atoms with Crippen molar-refractivity contribution in [2.75, 3.05) is 7.11 Å². The van der Waals surface area contributed by atoms with Gasteiger partial charge in [0.25, 0.3) is 0 Å². The number of aryl methyl sites for hydroxylation is 1.